The summed E-state index contributed by atoms with van der Waals surface area (Å²) in [6.07, 6.45) is 0.729. The van der Waals surface area contributed by atoms with Crippen molar-refractivity contribution in [1.82, 2.24) is 0 Å². The summed E-state index contributed by atoms with van der Waals surface area (Å²) >= 11 is 0. The molecular weight excluding hydrogens is 129 g/mol. The Morgan fingerprint density at radius 1 is 1.11 bits per heavy atom. The molecule has 0 bridgehead atoms. The maximum Gasteiger partial charge on any atom is 0.104 e. The van der Waals surface area contributed by atoms with Crippen LogP contribution in [0.2, 0.25) is 0 Å². The molecule has 0 unspecified atom stereocenters. The Kier molecular flexibility index (Phi) is 3.35. The minimum Gasteiger partial charge on any atom is -0.250 e. The minimum atomic E-state index is -1.68. The van der Waals surface area contributed by atoms with Gasteiger partial charge in [-0.1, -0.05) is 12.7 Å². The highest BCUT2D eigenvalue weighted by Crippen LogP contribution is 2.20. The quantitative estimate of drug-likeness (QED) is 0.554. The van der Waals surface area contributed by atoms with E-state index in [-0.39, 0.29) is 0 Å². The van der Waals surface area contributed by atoms with Crippen molar-refractivity contribution < 1.29 is 13.2 Å². The number of hydrogen-bond acceptors (Lipinski definition) is 0. The summed E-state index contributed by atoms with van der Waals surface area (Å²) in [5.74, 6) is 0. The van der Waals surface area contributed by atoms with Gasteiger partial charge in [0.2, 0.25) is 0 Å². The van der Waals surface area contributed by atoms with Gasteiger partial charge in [-0.3, -0.25) is 0 Å². The largest absolute Gasteiger partial charge is 0.250 e. The average Bonchev–Trinajstić information content (AvgIpc) is 1.95. The summed E-state index contributed by atoms with van der Waals surface area (Å²) < 4.78 is 35.2. The predicted octanol–water partition coefficient (Wildman–Crippen LogP) is 1.87. The maximum atomic E-state index is 11.7. The first-order valence-electron chi connectivity index (χ1n) is 2.48. The molecule has 0 heterocycles. The van der Waals surface area contributed by atoms with E-state index >= 15 is 0 Å². The van der Waals surface area contributed by atoms with Crippen molar-refractivity contribution in [3.8, 4) is 0 Å². The molecule has 3 heteroatoms. The molecule has 0 atom stereocenters. The molecule has 1 radical (unpaired) electrons. The van der Waals surface area contributed by atoms with Gasteiger partial charge >= 0.3 is 0 Å². The molecule has 0 aromatic carbocycles. The van der Waals surface area contributed by atoms with Crippen molar-refractivity contribution in [2.24, 2.45) is 5.41 Å². The zero-order valence-electron chi connectivity index (χ0n) is 4.91. The van der Waals surface area contributed by atoms with Crippen LogP contribution in [0.5, 0.6) is 0 Å². The molecule has 9 heavy (non-hydrogen) atoms. The summed E-state index contributed by atoms with van der Waals surface area (Å²) in [5.41, 5.74) is -1.68. The Morgan fingerprint density at radius 2 is 1.44 bits per heavy atom. The van der Waals surface area contributed by atoms with Crippen molar-refractivity contribution in [2.75, 3.05) is 20.0 Å². The van der Waals surface area contributed by atoms with Crippen LogP contribution in [0.4, 0.5) is 13.2 Å². The number of allylic oxidation sites excluding steroid dienone is 1. The van der Waals surface area contributed by atoms with Gasteiger partial charge in [0.25, 0.3) is 0 Å². The van der Waals surface area contributed by atoms with Crippen LogP contribution < -0.4 is 0 Å². The van der Waals surface area contributed by atoms with Crippen LogP contribution in [-0.4, -0.2) is 20.0 Å². The highest BCUT2D eigenvalue weighted by atomic mass is 19.1. The molecule has 0 saturated heterocycles. The third-order valence-corrected chi connectivity index (χ3v) is 1.15. The zero-order valence-corrected chi connectivity index (χ0v) is 4.91. The Morgan fingerprint density at radius 3 is 1.44 bits per heavy atom. The van der Waals surface area contributed by atoms with Gasteiger partial charge in [0.1, 0.15) is 20.0 Å². The van der Waals surface area contributed by atoms with E-state index in [0.717, 1.165) is 6.08 Å². The molecule has 0 saturated carbocycles. The summed E-state index contributed by atoms with van der Waals surface area (Å²) in [5, 5.41) is 0. The van der Waals surface area contributed by atoms with Crippen LogP contribution in [0.25, 0.3) is 0 Å². The third-order valence-electron chi connectivity index (χ3n) is 1.15. The molecule has 0 aliphatic carbocycles. The van der Waals surface area contributed by atoms with E-state index in [0.29, 0.717) is 0 Å². The summed E-state index contributed by atoms with van der Waals surface area (Å²) in [6.45, 7) is 1.53. The lowest BCUT2D eigenvalue weighted by molar-refractivity contribution is 0.164. The fourth-order valence-corrected chi connectivity index (χ4v) is 0.241. The van der Waals surface area contributed by atoms with Crippen molar-refractivity contribution in [1.29, 1.82) is 0 Å². The first-order chi connectivity index (χ1) is 4.24. The van der Waals surface area contributed by atoms with Gasteiger partial charge in [0.15, 0.2) is 0 Å². The lowest BCUT2D eigenvalue weighted by Crippen LogP contribution is -2.25. The number of hydrogen-bond donors (Lipinski definition) is 0. The van der Waals surface area contributed by atoms with E-state index in [1.54, 1.807) is 0 Å². The molecule has 0 aromatic rings. The van der Waals surface area contributed by atoms with Crippen LogP contribution in [-0.2, 0) is 0 Å². The molecule has 0 aliphatic rings. The zero-order chi connectivity index (χ0) is 7.33. The van der Waals surface area contributed by atoms with E-state index in [1.807, 2.05) is 0 Å². The number of halogens is 3. The predicted molar refractivity (Wildman–Crippen MR) is 29.2 cm³/mol. The molecule has 53 valence electrons. The van der Waals surface area contributed by atoms with Crippen molar-refractivity contribution in [3.63, 3.8) is 0 Å². The summed E-state index contributed by atoms with van der Waals surface area (Å²) in [7, 11) is 0. The van der Waals surface area contributed by atoms with Gasteiger partial charge < -0.3 is 0 Å². The van der Waals surface area contributed by atoms with Crippen molar-refractivity contribution in [3.05, 3.63) is 12.7 Å². The van der Waals surface area contributed by atoms with Crippen LogP contribution in [0.15, 0.2) is 6.08 Å². The Balaban J connectivity index is 3.98. The fraction of sp³-hybridized carbons (Fsp3) is 0.667. The second kappa shape index (κ2) is 3.54. The highest BCUT2D eigenvalue weighted by molar-refractivity contribution is 4.92. The minimum absolute atomic E-state index is 0.729. The molecule has 0 N–H and O–H groups in total. The smallest absolute Gasteiger partial charge is 0.104 e. The summed E-state index contributed by atoms with van der Waals surface area (Å²) in [6, 6.07) is 0. The van der Waals surface area contributed by atoms with Gasteiger partial charge in [0.05, 0.1) is 5.41 Å². The lowest BCUT2D eigenvalue weighted by atomic mass is 9.94. The number of alkyl halides is 3. The van der Waals surface area contributed by atoms with Crippen LogP contribution in [0.3, 0.4) is 0 Å². The fourth-order valence-electron chi connectivity index (χ4n) is 0.241. The second-order valence-corrected chi connectivity index (χ2v) is 1.93. The summed E-state index contributed by atoms with van der Waals surface area (Å²) in [4.78, 5) is 0. The average molecular weight is 137 g/mol. The SMILES string of the molecule is [CH]=CC(CF)(CF)CF. The lowest BCUT2D eigenvalue weighted by Gasteiger charge is -2.17. The van der Waals surface area contributed by atoms with Crippen LogP contribution in [0, 0.1) is 12.0 Å². The van der Waals surface area contributed by atoms with Crippen LogP contribution >= 0.6 is 0 Å². The van der Waals surface area contributed by atoms with Crippen LogP contribution in [0.1, 0.15) is 0 Å². The first kappa shape index (κ1) is 8.53. The Labute approximate surface area is 52.4 Å². The molecule has 0 nitrogen and oxygen atoms in total. The van der Waals surface area contributed by atoms with E-state index in [9.17, 15) is 13.2 Å². The standard InChI is InChI=1S/C6H8F3/c1-2-6(3-7,4-8)5-9/h1-2H,3-5H2. The topological polar surface area (TPSA) is 0 Å². The molecule has 0 aliphatic heterocycles. The second-order valence-electron chi connectivity index (χ2n) is 1.93. The Bertz CT molecular complexity index is 78.0. The molecule has 0 spiro atoms. The first-order valence-corrected chi connectivity index (χ1v) is 2.48. The monoisotopic (exact) mass is 137 g/mol. The highest BCUT2D eigenvalue weighted by Gasteiger charge is 2.26. The van der Waals surface area contributed by atoms with Crippen molar-refractivity contribution >= 4 is 0 Å². The molecule has 0 fully saturated rings. The van der Waals surface area contributed by atoms with Gasteiger partial charge in [-0.15, -0.1) is 0 Å². The van der Waals surface area contributed by atoms with Gasteiger partial charge in [-0.25, -0.2) is 13.2 Å². The number of rotatable bonds is 4. The van der Waals surface area contributed by atoms with Crippen molar-refractivity contribution in [2.45, 2.75) is 0 Å². The van der Waals surface area contributed by atoms with Gasteiger partial charge in [0, 0.05) is 0 Å². The van der Waals surface area contributed by atoms with Gasteiger partial charge in [-0.05, 0) is 0 Å². The molecule has 0 aromatic heterocycles. The van der Waals surface area contributed by atoms with E-state index in [4.69, 9.17) is 6.58 Å². The third kappa shape index (κ3) is 1.73. The van der Waals surface area contributed by atoms with E-state index in [1.165, 1.54) is 0 Å². The van der Waals surface area contributed by atoms with E-state index < -0.39 is 25.4 Å². The maximum absolute atomic E-state index is 11.7. The normalized spacial score (nSPS) is 11.4. The Hall–Kier alpha value is -0.470. The molecular formula is C6H8F3. The molecule has 0 amide bonds. The molecule has 0 rings (SSSR count). The van der Waals surface area contributed by atoms with Gasteiger partial charge in [-0.2, -0.15) is 0 Å². The van der Waals surface area contributed by atoms with E-state index in [2.05, 4.69) is 0 Å².